The lowest BCUT2D eigenvalue weighted by Crippen LogP contribution is -2.29. The van der Waals surface area contributed by atoms with Crippen molar-refractivity contribution in [2.24, 2.45) is 5.10 Å². The molecule has 1 unspecified atom stereocenters. The van der Waals surface area contributed by atoms with Gasteiger partial charge in [0.15, 0.2) is 0 Å². The Bertz CT molecular complexity index is 1360. The number of hydrogen-bond acceptors (Lipinski definition) is 5. The Morgan fingerprint density at radius 3 is 2.51 bits per heavy atom. The van der Waals surface area contributed by atoms with Crippen molar-refractivity contribution in [3.63, 3.8) is 0 Å². The molecule has 0 fully saturated rings. The molecule has 184 valence electrons. The minimum Gasteiger partial charge on any atom is -0.494 e. The first-order valence-corrected chi connectivity index (χ1v) is 13.2. The quantitative estimate of drug-likeness (QED) is 0.376. The lowest BCUT2D eigenvalue weighted by atomic mass is 10.0. The SMILES string of the molecule is CCOc1ccc(C2CC(CNS(=O)(=O)c3ccc(F)c(C)c3)=NN2c2ccc(Cl)cc2Cl)cc1. The van der Waals surface area contributed by atoms with Crippen LogP contribution in [0.4, 0.5) is 10.1 Å². The van der Waals surface area contributed by atoms with Crippen LogP contribution in [0.15, 0.2) is 70.7 Å². The summed E-state index contributed by atoms with van der Waals surface area (Å²) < 4.78 is 47.3. The molecule has 6 nitrogen and oxygen atoms in total. The van der Waals surface area contributed by atoms with Crippen LogP contribution in [0.5, 0.6) is 5.75 Å². The van der Waals surface area contributed by atoms with Gasteiger partial charge in [0.05, 0.1) is 40.5 Å². The number of ether oxygens (including phenoxy) is 1. The lowest BCUT2D eigenvalue weighted by Gasteiger charge is -2.25. The first-order chi connectivity index (χ1) is 16.7. The predicted molar refractivity (Wildman–Crippen MR) is 138 cm³/mol. The Hall–Kier alpha value is -2.65. The summed E-state index contributed by atoms with van der Waals surface area (Å²) in [6, 6.07) is 16.3. The monoisotopic (exact) mass is 535 g/mol. The van der Waals surface area contributed by atoms with Gasteiger partial charge < -0.3 is 4.74 Å². The molecule has 1 atom stereocenters. The smallest absolute Gasteiger partial charge is 0.240 e. The topological polar surface area (TPSA) is 71.0 Å². The van der Waals surface area contributed by atoms with Gasteiger partial charge in [0.1, 0.15) is 11.6 Å². The molecule has 4 rings (SSSR count). The molecule has 0 aliphatic carbocycles. The molecular formula is C25H24Cl2FN3O3S. The second-order valence-corrected chi connectivity index (χ2v) is 10.7. The Balaban J connectivity index is 1.60. The normalized spacial score (nSPS) is 15.9. The van der Waals surface area contributed by atoms with Gasteiger partial charge in [-0.05, 0) is 73.5 Å². The van der Waals surface area contributed by atoms with Crippen molar-refractivity contribution in [1.82, 2.24) is 4.72 Å². The maximum absolute atomic E-state index is 13.6. The summed E-state index contributed by atoms with van der Waals surface area (Å²) in [5.74, 6) is 0.298. The summed E-state index contributed by atoms with van der Waals surface area (Å²) in [7, 11) is -3.85. The molecule has 3 aromatic rings. The van der Waals surface area contributed by atoms with Crippen molar-refractivity contribution < 1.29 is 17.5 Å². The van der Waals surface area contributed by atoms with Gasteiger partial charge in [0.2, 0.25) is 10.0 Å². The van der Waals surface area contributed by atoms with E-state index in [1.54, 1.807) is 23.2 Å². The zero-order chi connectivity index (χ0) is 25.2. The van der Waals surface area contributed by atoms with Crippen molar-refractivity contribution in [1.29, 1.82) is 0 Å². The molecule has 1 aliphatic heterocycles. The number of rotatable bonds is 8. The number of nitrogens with zero attached hydrogens (tertiary/aromatic N) is 2. The first-order valence-electron chi connectivity index (χ1n) is 11.0. The molecular weight excluding hydrogens is 512 g/mol. The van der Waals surface area contributed by atoms with Crippen LogP contribution < -0.4 is 14.5 Å². The van der Waals surface area contributed by atoms with Gasteiger partial charge in [-0.25, -0.2) is 17.5 Å². The van der Waals surface area contributed by atoms with E-state index < -0.39 is 15.8 Å². The Labute approximate surface area is 214 Å². The number of halogens is 3. The van der Waals surface area contributed by atoms with Crippen LogP contribution in [0.1, 0.15) is 30.5 Å². The van der Waals surface area contributed by atoms with E-state index in [0.717, 1.165) is 17.4 Å². The van der Waals surface area contributed by atoms with E-state index in [-0.39, 0.29) is 23.0 Å². The number of anilines is 1. The van der Waals surface area contributed by atoms with E-state index in [9.17, 15) is 12.8 Å². The molecule has 0 bridgehead atoms. The summed E-state index contributed by atoms with van der Waals surface area (Å²) in [4.78, 5) is -0.00402. The average Bonchev–Trinajstić information content (AvgIpc) is 3.24. The van der Waals surface area contributed by atoms with Gasteiger partial charge in [-0.3, -0.25) is 5.01 Å². The molecule has 0 saturated heterocycles. The van der Waals surface area contributed by atoms with Crippen molar-refractivity contribution in [3.8, 4) is 5.75 Å². The van der Waals surface area contributed by atoms with Crippen LogP contribution >= 0.6 is 23.2 Å². The van der Waals surface area contributed by atoms with Gasteiger partial charge in [-0.15, -0.1) is 0 Å². The molecule has 1 heterocycles. The van der Waals surface area contributed by atoms with Crippen LogP contribution in [-0.2, 0) is 10.0 Å². The van der Waals surface area contributed by atoms with E-state index in [4.69, 9.17) is 33.0 Å². The minimum absolute atomic E-state index is 0.00402. The third kappa shape index (κ3) is 5.78. The number of benzene rings is 3. The van der Waals surface area contributed by atoms with Crippen molar-refractivity contribution in [2.75, 3.05) is 18.2 Å². The summed E-state index contributed by atoms with van der Waals surface area (Å²) in [5, 5.41) is 7.41. The largest absolute Gasteiger partial charge is 0.494 e. The van der Waals surface area contributed by atoms with Crippen LogP contribution in [0.3, 0.4) is 0 Å². The molecule has 0 aromatic heterocycles. The highest BCUT2D eigenvalue weighted by atomic mass is 35.5. The van der Waals surface area contributed by atoms with Crippen LogP contribution in [0, 0.1) is 12.7 Å². The second-order valence-electron chi connectivity index (χ2n) is 8.06. The fourth-order valence-electron chi connectivity index (χ4n) is 3.83. The number of aryl methyl sites for hydroxylation is 1. The lowest BCUT2D eigenvalue weighted by molar-refractivity contribution is 0.340. The maximum Gasteiger partial charge on any atom is 0.240 e. The number of nitrogens with one attached hydrogen (secondary N) is 1. The van der Waals surface area contributed by atoms with Gasteiger partial charge >= 0.3 is 0 Å². The van der Waals surface area contributed by atoms with E-state index in [1.807, 2.05) is 31.2 Å². The Morgan fingerprint density at radius 1 is 1.11 bits per heavy atom. The molecule has 3 aromatic carbocycles. The predicted octanol–water partition coefficient (Wildman–Crippen LogP) is 6.13. The zero-order valence-electron chi connectivity index (χ0n) is 19.1. The standard InChI is InChI=1S/C25H24Cl2FN3O3S/c1-3-34-20-7-4-17(5-8-20)25-14-19(30-31(25)24-11-6-18(26)13-22(24)27)15-29-35(32,33)21-9-10-23(28)16(2)12-21/h4-13,25,29H,3,14-15H2,1-2H3. The number of hydrazone groups is 1. The summed E-state index contributed by atoms with van der Waals surface area (Å²) in [5.41, 5.74) is 2.50. The molecule has 1 aliphatic rings. The van der Waals surface area contributed by atoms with E-state index in [0.29, 0.717) is 34.5 Å². The van der Waals surface area contributed by atoms with E-state index in [1.165, 1.54) is 19.1 Å². The Morgan fingerprint density at radius 2 is 1.86 bits per heavy atom. The zero-order valence-corrected chi connectivity index (χ0v) is 21.5. The summed E-state index contributed by atoms with van der Waals surface area (Å²) in [6.45, 7) is 4.00. The third-order valence-electron chi connectivity index (χ3n) is 5.61. The van der Waals surface area contributed by atoms with Crippen LogP contribution in [0.2, 0.25) is 10.0 Å². The third-order valence-corrected chi connectivity index (χ3v) is 7.55. The fraction of sp³-hybridized carbons (Fsp3) is 0.240. The van der Waals surface area contributed by atoms with Crippen LogP contribution in [0.25, 0.3) is 0 Å². The minimum atomic E-state index is -3.85. The molecule has 10 heteroatoms. The molecule has 0 radical (unpaired) electrons. The molecule has 0 amide bonds. The van der Waals surface area contributed by atoms with Gasteiger partial charge in [0.25, 0.3) is 0 Å². The summed E-state index contributed by atoms with van der Waals surface area (Å²) in [6.07, 6.45) is 0.470. The number of hydrogen-bond donors (Lipinski definition) is 1. The molecule has 1 N–H and O–H groups in total. The van der Waals surface area contributed by atoms with Crippen molar-refractivity contribution in [2.45, 2.75) is 31.2 Å². The fourth-order valence-corrected chi connectivity index (χ4v) is 5.42. The highest BCUT2D eigenvalue weighted by Crippen LogP contribution is 2.40. The molecule has 0 saturated carbocycles. The summed E-state index contributed by atoms with van der Waals surface area (Å²) >= 11 is 12.6. The molecule has 35 heavy (non-hydrogen) atoms. The van der Waals surface area contributed by atoms with E-state index >= 15 is 0 Å². The highest BCUT2D eigenvalue weighted by Gasteiger charge is 2.31. The second kappa shape index (κ2) is 10.5. The number of sulfonamides is 1. The maximum atomic E-state index is 13.6. The van der Waals surface area contributed by atoms with Crippen molar-refractivity contribution >= 4 is 44.6 Å². The van der Waals surface area contributed by atoms with E-state index in [2.05, 4.69) is 4.72 Å². The van der Waals surface area contributed by atoms with Crippen molar-refractivity contribution in [3.05, 3.63) is 87.7 Å². The molecule has 0 spiro atoms. The first kappa shape index (κ1) is 25.4. The highest BCUT2D eigenvalue weighted by molar-refractivity contribution is 7.89. The van der Waals surface area contributed by atoms with Gasteiger partial charge in [0, 0.05) is 11.4 Å². The van der Waals surface area contributed by atoms with Crippen LogP contribution in [-0.4, -0.2) is 27.3 Å². The van der Waals surface area contributed by atoms with Gasteiger partial charge in [-0.2, -0.15) is 5.10 Å². The Kier molecular flexibility index (Phi) is 7.66. The average molecular weight is 536 g/mol. The van der Waals surface area contributed by atoms with Gasteiger partial charge in [-0.1, -0.05) is 35.3 Å².